The molecule has 1 aromatic carbocycles. The fourth-order valence-electron chi connectivity index (χ4n) is 2.70. The maximum absolute atomic E-state index is 12.5. The van der Waals surface area contributed by atoms with Crippen molar-refractivity contribution in [1.29, 1.82) is 0 Å². The van der Waals surface area contributed by atoms with Gasteiger partial charge in [0.15, 0.2) is 0 Å². The van der Waals surface area contributed by atoms with E-state index in [1.807, 2.05) is 31.2 Å². The van der Waals surface area contributed by atoms with Gasteiger partial charge >= 0.3 is 5.97 Å². The molecule has 1 aliphatic rings. The van der Waals surface area contributed by atoms with Crippen LogP contribution >= 0.6 is 0 Å². The highest BCUT2D eigenvalue weighted by atomic mass is 16.5. The molecular weight excluding hydrogens is 270 g/mol. The summed E-state index contributed by atoms with van der Waals surface area (Å²) in [4.78, 5) is 25.9. The topological polar surface area (TPSA) is 55.8 Å². The van der Waals surface area contributed by atoms with Gasteiger partial charge in [-0.2, -0.15) is 0 Å². The molecule has 1 saturated heterocycles. The summed E-state index contributed by atoms with van der Waals surface area (Å²) in [6.07, 6.45) is 0.657. The highest BCUT2D eigenvalue weighted by molar-refractivity contribution is 5.86. The van der Waals surface area contributed by atoms with Crippen molar-refractivity contribution in [1.82, 2.24) is 4.90 Å². The summed E-state index contributed by atoms with van der Waals surface area (Å²) < 4.78 is 10.1. The van der Waals surface area contributed by atoms with Crippen molar-refractivity contribution >= 4 is 11.9 Å². The number of likely N-dealkylation sites (tertiary alicyclic amines) is 1. The van der Waals surface area contributed by atoms with Gasteiger partial charge in [0, 0.05) is 20.1 Å². The maximum atomic E-state index is 12.5. The first-order chi connectivity index (χ1) is 10.0. The SMILES string of the molecule is COC(=O)[C@H]1C[C@@H](OC)CN1C(=O)Cc1cccc(C)c1. The lowest BCUT2D eigenvalue weighted by Crippen LogP contribution is -2.42. The Hall–Kier alpha value is -1.88. The van der Waals surface area contributed by atoms with E-state index >= 15 is 0 Å². The molecule has 21 heavy (non-hydrogen) atoms. The van der Waals surface area contributed by atoms with Gasteiger partial charge in [-0.1, -0.05) is 29.8 Å². The molecule has 5 nitrogen and oxygen atoms in total. The number of carbonyl (C=O) groups is 2. The van der Waals surface area contributed by atoms with Crippen LogP contribution in [0.5, 0.6) is 0 Å². The molecule has 2 rings (SSSR count). The van der Waals surface area contributed by atoms with E-state index in [2.05, 4.69) is 0 Å². The van der Waals surface area contributed by atoms with Crippen molar-refractivity contribution < 1.29 is 19.1 Å². The molecular formula is C16H21NO4. The molecule has 0 radical (unpaired) electrons. The summed E-state index contributed by atoms with van der Waals surface area (Å²) in [5.41, 5.74) is 2.06. The molecule has 114 valence electrons. The molecule has 0 aromatic heterocycles. The predicted octanol–water partition coefficient (Wildman–Crippen LogP) is 1.33. The number of esters is 1. The first-order valence-corrected chi connectivity index (χ1v) is 7.00. The Morgan fingerprint density at radius 1 is 1.33 bits per heavy atom. The van der Waals surface area contributed by atoms with Gasteiger partial charge in [0.25, 0.3) is 0 Å². The van der Waals surface area contributed by atoms with E-state index in [0.29, 0.717) is 13.0 Å². The number of amides is 1. The van der Waals surface area contributed by atoms with Crippen LogP contribution in [0.3, 0.4) is 0 Å². The molecule has 0 saturated carbocycles. The molecule has 0 N–H and O–H groups in total. The molecule has 0 unspecified atom stereocenters. The molecule has 0 spiro atoms. The number of nitrogens with zero attached hydrogens (tertiary/aromatic N) is 1. The van der Waals surface area contributed by atoms with Gasteiger partial charge in [0.1, 0.15) is 6.04 Å². The molecule has 1 heterocycles. The number of ether oxygens (including phenoxy) is 2. The Bertz CT molecular complexity index is 529. The second-order valence-corrected chi connectivity index (χ2v) is 5.34. The lowest BCUT2D eigenvalue weighted by atomic mass is 10.1. The third kappa shape index (κ3) is 3.61. The quantitative estimate of drug-likeness (QED) is 0.785. The maximum Gasteiger partial charge on any atom is 0.328 e. The highest BCUT2D eigenvalue weighted by Crippen LogP contribution is 2.22. The summed E-state index contributed by atoms with van der Waals surface area (Å²) in [7, 11) is 2.93. The van der Waals surface area contributed by atoms with Crippen molar-refractivity contribution in [3.05, 3.63) is 35.4 Å². The Labute approximate surface area is 124 Å². The minimum absolute atomic E-state index is 0.0736. The highest BCUT2D eigenvalue weighted by Gasteiger charge is 2.40. The van der Waals surface area contributed by atoms with Gasteiger partial charge in [-0.15, -0.1) is 0 Å². The molecule has 1 aliphatic heterocycles. The monoisotopic (exact) mass is 291 g/mol. The van der Waals surface area contributed by atoms with Crippen molar-refractivity contribution in [2.75, 3.05) is 20.8 Å². The standard InChI is InChI=1S/C16H21NO4/c1-11-5-4-6-12(7-11)8-15(18)17-10-13(20-2)9-14(17)16(19)21-3/h4-7,13-14H,8-10H2,1-3H3/t13-,14-/m1/s1. The van der Waals surface area contributed by atoms with Crippen molar-refractivity contribution in [2.24, 2.45) is 0 Å². The van der Waals surface area contributed by atoms with E-state index < -0.39 is 6.04 Å². The summed E-state index contributed by atoms with van der Waals surface area (Å²) >= 11 is 0. The third-order valence-electron chi connectivity index (χ3n) is 3.83. The normalized spacial score (nSPS) is 21.4. The van der Waals surface area contributed by atoms with Gasteiger partial charge in [0.2, 0.25) is 5.91 Å². The van der Waals surface area contributed by atoms with Crippen molar-refractivity contribution in [3.63, 3.8) is 0 Å². The van der Waals surface area contributed by atoms with E-state index in [4.69, 9.17) is 9.47 Å². The zero-order valence-electron chi connectivity index (χ0n) is 12.7. The average Bonchev–Trinajstić information content (AvgIpc) is 2.91. The first kappa shape index (κ1) is 15.5. The number of carbonyl (C=O) groups excluding carboxylic acids is 2. The molecule has 5 heteroatoms. The van der Waals surface area contributed by atoms with Crippen LogP contribution in [0.2, 0.25) is 0 Å². The van der Waals surface area contributed by atoms with Crippen LogP contribution in [0.1, 0.15) is 17.5 Å². The fraction of sp³-hybridized carbons (Fsp3) is 0.500. The van der Waals surface area contributed by atoms with E-state index in [-0.39, 0.29) is 24.4 Å². The zero-order valence-corrected chi connectivity index (χ0v) is 12.7. The molecule has 1 fully saturated rings. The molecule has 2 atom stereocenters. The van der Waals surface area contributed by atoms with Crippen LogP contribution in [0.25, 0.3) is 0 Å². The largest absolute Gasteiger partial charge is 0.467 e. The van der Waals surface area contributed by atoms with Gasteiger partial charge in [-0.05, 0) is 12.5 Å². The Kier molecular flexibility index (Phi) is 4.96. The first-order valence-electron chi connectivity index (χ1n) is 7.00. The Balaban J connectivity index is 2.10. The average molecular weight is 291 g/mol. The summed E-state index contributed by atoms with van der Waals surface area (Å²) in [6.45, 7) is 2.42. The Morgan fingerprint density at radius 2 is 2.10 bits per heavy atom. The number of methoxy groups -OCH3 is 2. The van der Waals surface area contributed by atoms with Crippen LogP contribution in [0.15, 0.2) is 24.3 Å². The number of aryl methyl sites for hydroxylation is 1. The molecule has 1 aromatic rings. The van der Waals surface area contributed by atoms with Crippen molar-refractivity contribution in [3.8, 4) is 0 Å². The summed E-state index contributed by atoms with van der Waals surface area (Å²) in [5.74, 6) is -0.456. The van der Waals surface area contributed by atoms with Gasteiger partial charge < -0.3 is 14.4 Å². The summed E-state index contributed by atoms with van der Waals surface area (Å²) in [5, 5.41) is 0. The second-order valence-electron chi connectivity index (χ2n) is 5.34. The zero-order chi connectivity index (χ0) is 15.4. The molecule has 0 aliphatic carbocycles. The number of rotatable bonds is 4. The third-order valence-corrected chi connectivity index (χ3v) is 3.83. The van der Waals surface area contributed by atoms with Crippen LogP contribution < -0.4 is 0 Å². The van der Waals surface area contributed by atoms with Crippen LogP contribution in [-0.4, -0.2) is 49.7 Å². The fourth-order valence-corrected chi connectivity index (χ4v) is 2.70. The van der Waals surface area contributed by atoms with E-state index in [1.54, 1.807) is 12.0 Å². The van der Waals surface area contributed by atoms with E-state index in [0.717, 1.165) is 11.1 Å². The molecule has 0 bridgehead atoms. The minimum Gasteiger partial charge on any atom is -0.467 e. The predicted molar refractivity (Wildman–Crippen MR) is 77.8 cm³/mol. The number of hydrogen-bond donors (Lipinski definition) is 0. The summed E-state index contributed by atoms with van der Waals surface area (Å²) in [6, 6.07) is 7.27. The van der Waals surface area contributed by atoms with E-state index in [9.17, 15) is 9.59 Å². The molecule has 1 amide bonds. The van der Waals surface area contributed by atoms with Gasteiger partial charge in [0.05, 0.1) is 19.6 Å². The van der Waals surface area contributed by atoms with Crippen LogP contribution in [-0.2, 0) is 25.5 Å². The Morgan fingerprint density at radius 3 is 2.71 bits per heavy atom. The lowest BCUT2D eigenvalue weighted by molar-refractivity contribution is -0.150. The van der Waals surface area contributed by atoms with Crippen molar-refractivity contribution in [2.45, 2.75) is 31.9 Å². The minimum atomic E-state index is -0.544. The number of hydrogen-bond acceptors (Lipinski definition) is 4. The van der Waals surface area contributed by atoms with Crippen LogP contribution in [0.4, 0.5) is 0 Å². The smallest absolute Gasteiger partial charge is 0.328 e. The lowest BCUT2D eigenvalue weighted by Gasteiger charge is -2.22. The van der Waals surface area contributed by atoms with Crippen LogP contribution in [0, 0.1) is 6.92 Å². The van der Waals surface area contributed by atoms with Gasteiger partial charge in [-0.25, -0.2) is 4.79 Å². The van der Waals surface area contributed by atoms with Gasteiger partial charge in [-0.3, -0.25) is 4.79 Å². The number of benzene rings is 1. The van der Waals surface area contributed by atoms with E-state index in [1.165, 1.54) is 7.11 Å². The second kappa shape index (κ2) is 6.72.